The molecule has 0 aliphatic heterocycles. The Kier molecular flexibility index (Phi) is 3.97. The highest BCUT2D eigenvalue weighted by Crippen LogP contribution is 2.30. The average molecular weight is 355 g/mol. The van der Waals surface area contributed by atoms with Gasteiger partial charge in [-0.05, 0) is 41.3 Å². The summed E-state index contributed by atoms with van der Waals surface area (Å²) in [5, 5.41) is 0. The smallest absolute Gasteiger partial charge is 0.244 e. The summed E-state index contributed by atoms with van der Waals surface area (Å²) in [4.78, 5) is -0.600. The van der Waals surface area contributed by atoms with Crippen molar-refractivity contribution in [3.63, 3.8) is 0 Å². The molecule has 1 aromatic rings. The van der Waals surface area contributed by atoms with Gasteiger partial charge >= 0.3 is 0 Å². The molecule has 0 atom stereocenters. The van der Waals surface area contributed by atoms with Crippen LogP contribution >= 0.6 is 15.9 Å². The van der Waals surface area contributed by atoms with Crippen LogP contribution in [0.4, 0.5) is 8.78 Å². The van der Waals surface area contributed by atoms with E-state index in [0.717, 1.165) is 25.3 Å². The molecule has 2 rings (SSSR count). The molecule has 106 valence electrons. The highest BCUT2D eigenvalue weighted by atomic mass is 79.9. The summed E-state index contributed by atoms with van der Waals surface area (Å²) in [7, 11) is -4.07. The lowest BCUT2D eigenvalue weighted by Crippen LogP contribution is -2.54. The summed E-state index contributed by atoms with van der Waals surface area (Å²) in [5.41, 5.74) is 5.34. The fraction of sp³-hybridized carbons (Fsp3) is 0.455. The van der Waals surface area contributed by atoms with Crippen LogP contribution < -0.4 is 10.5 Å². The van der Waals surface area contributed by atoms with E-state index in [9.17, 15) is 17.2 Å². The molecular weight excluding hydrogens is 342 g/mol. The van der Waals surface area contributed by atoms with Gasteiger partial charge in [0.15, 0.2) is 0 Å². The van der Waals surface area contributed by atoms with E-state index in [0.29, 0.717) is 6.07 Å². The quantitative estimate of drug-likeness (QED) is 0.867. The van der Waals surface area contributed by atoms with Gasteiger partial charge in [0, 0.05) is 22.6 Å². The minimum Gasteiger partial charge on any atom is -0.324 e. The van der Waals surface area contributed by atoms with Gasteiger partial charge in [0.2, 0.25) is 10.0 Å². The number of hydrogen-bond donors (Lipinski definition) is 2. The molecule has 1 aliphatic carbocycles. The second-order valence-electron chi connectivity index (χ2n) is 4.74. The third-order valence-corrected chi connectivity index (χ3v) is 5.56. The van der Waals surface area contributed by atoms with E-state index in [-0.39, 0.29) is 11.0 Å². The van der Waals surface area contributed by atoms with Crippen molar-refractivity contribution in [2.75, 3.05) is 6.54 Å². The molecule has 0 heterocycles. The van der Waals surface area contributed by atoms with Crippen LogP contribution in [0.15, 0.2) is 21.5 Å². The molecule has 1 fully saturated rings. The number of nitrogens with two attached hydrogens (primary N) is 1. The predicted octanol–water partition coefficient (Wildman–Crippen LogP) is 1.89. The van der Waals surface area contributed by atoms with E-state index in [1.165, 1.54) is 0 Å². The summed E-state index contributed by atoms with van der Waals surface area (Å²) >= 11 is 2.85. The lowest BCUT2D eigenvalue weighted by atomic mass is 9.78. The maximum absolute atomic E-state index is 13.6. The van der Waals surface area contributed by atoms with Crippen LogP contribution in [-0.4, -0.2) is 20.5 Å². The molecule has 1 aromatic carbocycles. The second-order valence-corrected chi connectivity index (χ2v) is 7.30. The lowest BCUT2D eigenvalue weighted by Gasteiger charge is -2.38. The molecule has 1 saturated carbocycles. The van der Waals surface area contributed by atoms with E-state index < -0.39 is 32.1 Å². The third kappa shape index (κ3) is 3.13. The summed E-state index contributed by atoms with van der Waals surface area (Å²) in [6.07, 6.45) is 2.40. The Morgan fingerprint density at radius 1 is 1.37 bits per heavy atom. The van der Waals surface area contributed by atoms with Crippen molar-refractivity contribution in [2.45, 2.75) is 29.7 Å². The summed E-state index contributed by atoms with van der Waals surface area (Å²) in [6.45, 7) is 0.0403. The highest BCUT2D eigenvalue weighted by Gasteiger charge is 2.34. The van der Waals surface area contributed by atoms with Crippen molar-refractivity contribution in [1.29, 1.82) is 0 Å². The normalized spacial score (nSPS) is 18.1. The van der Waals surface area contributed by atoms with E-state index in [1.807, 2.05) is 0 Å². The van der Waals surface area contributed by atoms with Crippen LogP contribution in [-0.2, 0) is 10.0 Å². The predicted molar refractivity (Wildman–Crippen MR) is 70.0 cm³/mol. The zero-order chi connectivity index (χ0) is 14.3. The fourth-order valence-corrected chi connectivity index (χ4v) is 4.20. The van der Waals surface area contributed by atoms with Crippen LogP contribution in [0.25, 0.3) is 0 Å². The molecule has 0 spiro atoms. The van der Waals surface area contributed by atoms with Crippen LogP contribution in [0.5, 0.6) is 0 Å². The summed E-state index contributed by atoms with van der Waals surface area (Å²) in [5.74, 6) is -1.99. The molecule has 3 N–H and O–H groups in total. The minimum atomic E-state index is -4.07. The third-order valence-electron chi connectivity index (χ3n) is 3.20. The molecule has 0 aromatic heterocycles. The molecule has 0 saturated heterocycles. The molecule has 8 heteroatoms. The van der Waals surface area contributed by atoms with Crippen molar-refractivity contribution in [1.82, 2.24) is 4.72 Å². The van der Waals surface area contributed by atoms with Crippen molar-refractivity contribution in [2.24, 2.45) is 5.73 Å². The van der Waals surface area contributed by atoms with Crippen molar-refractivity contribution < 1.29 is 17.2 Å². The van der Waals surface area contributed by atoms with Crippen molar-refractivity contribution in [3.8, 4) is 0 Å². The molecule has 4 nitrogen and oxygen atoms in total. The van der Waals surface area contributed by atoms with E-state index in [2.05, 4.69) is 20.7 Å². The molecular formula is C11H13BrF2N2O2S. The van der Waals surface area contributed by atoms with Crippen LogP contribution in [0, 0.1) is 11.6 Å². The van der Waals surface area contributed by atoms with Crippen LogP contribution in [0.3, 0.4) is 0 Å². The molecule has 0 radical (unpaired) electrons. The number of halogens is 3. The second kappa shape index (κ2) is 5.08. The monoisotopic (exact) mass is 354 g/mol. The highest BCUT2D eigenvalue weighted by molar-refractivity contribution is 9.10. The molecule has 1 aliphatic rings. The number of nitrogens with one attached hydrogen (secondary N) is 1. The van der Waals surface area contributed by atoms with Gasteiger partial charge in [-0.3, -0.25) is 0 Å². The van der Waals surface area contributed by atoms with Crippen molar-refractivity contribution >= 4 is 26.0 Å². The van der Waals surface area contributed by atoms with Crippen LogP contribution in [0.2, 0.25) is 0 Å². The molecule has 0 unspecified atom stereocenters. The molecule has 0 amide bonds. The van der Waals surface area contributed by atoms with Gasteiger partial charge in [-0.1, -0.05) is 0 Å². The molecule has 0 bridgehead atoms. The van der Waals surface area contributed by atoms with Gasteiger partial charge in [-0.15, -0.1) is 0 Å². The number of hydrogen-bond acceptors (Lipinski definition) is 3. The van der Waals surface area contributed by atoms with Gasteiger partial charge < -0.3 is 5.73 Å². The minimum absolute atomic E-state index is 0.0403. The first kappa shape index (κ1) is 14.8. The number of sulfonamides is 1. The first-order valence-corrected chi connectivity index (χ1v) is 7.94. The largest absolute Gasteiger partial charge is 0.324 e. The van der Waals surface area contributed by atoms with Gasteiger partial charge in [0.05, 0.1) is 0 Å². The van der Waals surface area contributed by atoms with E-state index in [1.54, 1.807) is 0 Å². The Balaban J connectivity index is 2.24. The van der Waals surface area contributed by atoms with E-state index >= 15 is 0 Å². The maximum Gasteiger partial charge on any atom is 0.244 e. The first-order valence-electron chi connectivity index (χ1n) is 5.67. The zero-order valence-electron chi connectivity index (χ0n) is 9.92. The Hall–Kier alpha value is -0.570. The van der Waals surface area contributed by atoms with E-state index in [4.69, 9.17) is 5.73 Å². The SMILES string of the molecule is NC1(CNS(=O)(=O)c2c(F)cc(F)cc2Br)CCC1. The number of rotatable bonds is 4. The Morgan fingerprint density at radius 3 is 2.47 bits per heavy atom. The summed E-state index contributed by atoms with van der Waals surface area (Å²) in [6, 6.07) is 1.43. The van der Waals surface area contributed by atoms with Gasteiger partial charge in [0.1, 0.15) is 16.5 Å². The fourth-order valence-electron chi connectivity index (χ4n) is 1.90. The van der Waals surface area contributed by atoms with Crippen molar-refractivity contribution in [3.05, 3.63) is 28.2 Å². The standard InChI is InChI=1S/C11H13BrF2N2O2S/c12-8-4-7(13)5-9(14)10(8)19(17,18)16-6-11(15)2-1-3-11/h4-5,16H,1-3,6,15H2. The average Bonchev–Trinajstić information content (AvgIpc) is 2.22. The van der Waals surface area contributed by atoms with Gasteiger partial charge in [-0.25, -0.2) is 21.9 Å². The Bertz CT molecular complexity index is 580. The number of benzene rings is 1. The first-order chi connectivity index (χ1) is 8.73. The Labute approximate surface area is 118 Å². The lowest BCUT2D eigenvalue weighted by molar-refractivity contribution is 0.251. The Morgan fingerprint density at radius 2 is 2.00 bits per heavy atom. The maximum atomic E-state index is 13.6. The topological polar surface area (TPSA) is 72.2 Å². The van der Waals surface area contributed by atoms with Gasteiger partial charge in [0.25, 0.3) is 0 Å². The zero-order valence-corrected chi connectivity index (χ0v) is 12.3. The van der Waals surface area contributed by atoms with Crippen LogP contribution in [0.1, 0.15) is 19.3 Å². The molecule has 19 heavy (non-hydrogen) atoms. The van der Waals surface area contributed by atoms with Gasteiger partial charge in [-0.2, -0.15) is 0 Å². The summed E-state index contributed by atoms with van der Waals surface area (Å²) < 4.78 is 52.7.